The Morgan fingerprint density at radius 1 is 0.800 bits per heavy atom. The molecule has 0 N–H and O–H groups in total. The molecule has 0 amide bonds. The molecule has 2 aromatic rings. The standard InChI is InChI=1S/C33H40F4O3/c1-3-5-6-7-21-8-10-22(11-9-21)23-12-14-24(15-13-23)25-16-17-26(30(35)29(25)34)33(38)40-28-19-18-27(39-20-4-2)31(36)32(28)37/h4,16-24H,3,5-15H2,1-2H3/b20-4+. The smallest absolute Gasteiger partial charge is 0.346 e. The van der Waals surface area contributed by atoms with Crippen LogP contribution in [0.2, 0.25) is 0 Å². The van der Waals surface area contributed by atoms with E-state index in [0.717, 1.165) is 55.9 Å². The molecule has 0 bridgehead atoms. The molecular formula is C33H40F4O3. The Bertz CT molecular complexity index is 1180. The SMILES string of the molecule is C/C=C/Oc1ccc(OC(=O)c2ccc(C3CCC(C4CCC(CCCCC)CC4)CC3)c(F)c2F)c(F)c1F. The van der Waals surface area contributed by atoms with Gasteiger partial charge in [0.15, 0.2) is 23.1 Å². The third-order valence-electron chi connectivity index (χ3n) is 8.86. The van der Waals surface area contributed by atoms with Crippen molar-refractivity contribution in [2.24, 2.45) is 17.8 Å². The number of rotatable bonds is 10. The van der Waals surface area contributed by atoms with Crippen molar-refractivity contribution in [3.05, 3.63) is 71.0 Å². The van der Waals surface area contributed by atoms with Crippen LogP contribution in [0.1, 0.15) is 113 Å². The first-order valence-corrected chi connectivity index (χ1v) is 14.8. The van der Waals surface area contributed by atoms with Crippen molar-refractivity contribution >= 4 is 5.97 Å². The van der Waals surface area contributed by atoms with E-state index >= 15 is 4.39 Å². The fourth-order valence-corrected chi connectivity index (χ4v) is 6.55. The summed E-state index contributed by atoms with van der Waals surface area (Å²) in [7, 11) is 0. The van der Waals surface area contributed by atoms with Crippen molar-refractivity contribution in [3.8, 4) is 11.5 Å². The lowest BCUT2D eigenvalue weighted by Gasteiger charge is -2.38. The molecule has 2 fully saturated rings. The maximum atomic E-state index is 15.1. The average Bonchev–Trinajstić information content (AvgIpc) is 2.97. The van der Waals surface area contributed by atoms with E-state index in [1.807, 2.05) is 0 Å². The Morgan fingerprint density at radius 2 is 1.43 bits per heavy atom. The van der Waals surface area contributed by atoms with Gasteiger partial charge in [-0.2, -0.15) is 8.78 Å². The Balaban J connectivity index is 1.34. The Kier molecular flexibility index (Phi) is 10.7. The van der Waals surface area contributed by atoms with Gasteiger partial charge in [-0.3, -0.25) is 0 Å². The van der Waals surface area contributed by atoms with E-state index in [1.165, 1.54) is 69.6 Å². The van der Waals surface area contributed by atoms with Crippen LogP contribution in [0.4, 0.5) is 17.6 Å². The van der Waals surface area contributed by atoms with Crippen LogP contribution in [0.3, 0.4) is 0 Å². The quantitative estimate of drug-likeness (QED) is 0.0954. The zero-order valence-electron chi connectivity index (χ0n) is 23.5. The summed E-state index contributed by atoms with van der Waals surface area (Å²) in [6.07, 6.45) is 16.7. The topological polar surface area (TPSA) is 35.5 Å². The minimum Gasteiger partial charge on any atom is -0.462 e. The molecule has 0 saturated heterocycles. The van der Waals surface area contributed by atoms with Crippen molar-refractivity contribution in [2.45, 2.75) is 96.8 Å². The largest absolute Gasteiger partial charge is 0.462 e. The molecule has 2 aromatic carbocycles. The molecule has 2 aliphatic rings. The number of ether oxygens (including phenoxy) is 2. The van der Waals surface area contributed by atoms with Gasteiger partial charge in [-0.15, -0.1) is 0 Å². The Morgan fingerprint density at radius 3 is 2.08 bits per heavy atom. The number of unbranched alkanes of at least 4 members (excludes halogenated alkanes) is 2. The van der Waals surface area contributed by atoms with Crippen LogP contribution in [0.25, 0.3) is 0 Å². The van der Waals surface area contributed by atoms with E-state index in [2.05, 4.69) is 6.92 Å². The second-order valence-corrected chi connectivity index (χ2v) is 11.4. The fourth-order valence-electron chi connectivity index (χ4n) is 6.55. The molecule has 4 rings (SSSR count). The summed E-state index contributed by atoms with van der Waals surface area (Å²) in [6.45, 7) is 3.88. The lowest BCUT2D eigenvalue weighted by molar-refractivity contribution is 0.0720. The second-order valence-electron chi connectivity index (χ2n) is 11.4. The van der Waals surface area contributed by atoms with E-state index < -0.39 is 46.3 Å². The van der Waals surface area contributed by atoms with Gasteiger partial charge in [-0.1, -0.05) is 57.6 Å². The maximum Gasteiger partial charge on any atom is 0.346 e. The first-order valence-electron chi connectivity index (χ1n) is 14.8. The monoisotopic (exact) mass is 560 g/mol. The average molecular weight is 561 g/mol. The minimum atomic E-state index is -1.46. The fraction of sp³-hybridized carbons (Fsp3) is 0.545. The molecule has 0 heterocycles. The van der Waals surface area contributed by atoms with Gasteiger partial charge in [-0.25, -0.2) is 13.6 Å². The normalized spacial score (nSPS) is 23.4. The van der Waals surface area contributed by atoms with Gasteiger partial charge in [0, 0.05) is 0 Å². The number of halogens is 4. The molecule has 218 valence electrons. The van der Waals surface area contributed by atoms with Crippen LogP contribution in [0.15, 0.2) is 36.6 Å². The van der Waals surface area contributed by atoms with Crippen LogP contribution in [0.5, 0.6) is 11.5 Å². The highest BCUT2D eigenvalue weighted by Gasteiger charge is 2.33. The highest BCUT2D eigenvalue weighted by Crippen LogP contribution is 2.45. The summed E-state index contributed by atoms with van der Waals surface area (Å²) in [5, 5.41) is 0. The van der Waals surface area contributed by atoms with Crippen LogP contribution in [-0.2, 0) is 0 Å². The van der Waals surface area contributed by atoms with Gasteiger partial charge < -0.3 is 9.47 Å². The van der Waals surface area contributed by atoms with Gasteiger partial charge in [0.25, 0.3) is 0 Å². The Hall–Kier alpha value is -2.83. The molecule has 7 heteroatoms. The number of hydrogen-bond acceptors (Lipinski definition) is 3. The van der Waals surface area contributed by atoms with Crippen molar-refractivity contribution in [3.63, 3.8) is 0 Å². The zero-order chi connectivity index (χ0) is 28.6. The summed E-state index contributed by atoms with van der Waals surface area (Å²) in [5.74, 6) is -5.56. The molecule has 0 unspecified atom stereocenters. The molecular weight excluding hydrogens is 520 g/mol. The summed E-state index contributed by atoms with van der Waals surface area (Å²) in [4.78, 5) is 12.5. The van der Waals surface area contributed by atoms with Crippen LogP contribution in [-0.4, -0.2) is 5.97 Å². The summed E-state index contributed by atoms with van der Waals surface area (Å²) in [5.41, 5.74) is -0.408. The number of esters is 1. The second kappa shape index (κ2) is 14.2. The van der Waals surface area contributed by atoms with Gasteiger partial charge in [-0.05, 0) is 92.9 Å². The summed E-state index contributed by atoms with van der Waals surface area (Å²) >= 11 is 0. The maximum absolute atomic E-state index is 15.1. The molecule has 0 aliphatic heterocycles. The van der Waals surface area contributed by atoms with E-state index in [1.54, 1.807) is 6.92 Å². The van der Waals surface area contributed by atoms with Crippen LogP contribution < -0.4 is 9.47 Å². The highest BCUT2D eigenvalue weighted by atomic mass is 19.2. The number of allylic oxidation sites excluding steroid dienone is 1. The van der Waals surface area contributed by atoms with Crippen molar-refractivity contribution in [1.82, 2.24) is 0 Å². The van der Waals surface area contributed by atoms with E-state index in [0.29, 0.717) is 5.92 Å². The van der Waals surface area contributed by atoms with Crippen molar-refractivity contribution in [1.29, 1.82) is 0 Å². The van der Waals surface area contributed by atoms with Crippen molar-refractivity contribution in [2.75, 3.05) is 0 Å². The van der Waals surface area contributed by atoms with Gasteiger partial charge in [0.05, 0.1) is 11.8 Å². The number of carbonyl (C=O) groups is 1. The molecule has 3 nitrogen and oxygen atoms in total. The van der Waals surface area contributed by atoms with Crippen molar-refractivity contribution < 1.29 is 31.8 Å². The summed E-state index contributed by atoms with van der Waals surface area (Å²) < 4.78 is 68.5. The van der Waals surface area contributed by atoms with E-state index in [-0.39, 0.29) is 11.5 Å². The first-order chi connectivity index (χ1) is 19.3. The molecule has 2 aliphatic carbocycles. The number of carbonyl (C=O) groups excluding carboxylic acids is 1. The molecule has 0 radical (unpaired) electrons. The number of benzene rings is 2. The lowest BCUT2D eigenvalue weighted by Crippen LogP contribution is -2.26. The minimum absolute atomic E-state index is 0.113. The lowest BCUT2D eigenvalue weighted by atomic mass is 9.68. The van der Waals surface area contributed by atoms with Gasteiger partial charge in [0.1, 0.15) is 0 Å². The third-order valence-corrected chi connectivity index (χ3v) is 8.86. The molecule has 0 aromatic heterocycles. The number of hydrogen-bond donors (Lipinski definition) is 0. The highest BCUT2D eigenvalue weighted by molar-refractivity contribution is 5.91. The molecule has 40 heavy (non-hydrogen) atoms. The predicted octanol–water partition coefficient (Wildman–Crippen LogP) is 10.0. The first kappa shape index (κ1) is 30.1. The van der Waals surface area contributed by atoms with E-state index in [4.69, 9.17) is 9.47 Å². The molecule has 2 saturated carbocycles. The summed E-state index contributed by atoms with van der Waals surface area (Å²) in [6, 6.07) is 4.66. The molecule has 0 spiro atoms. The predicted molar refractivity (Wildman–Crippen MR) is 147 cm³/mol. The third kappa shape index (κ3) is 7.08. The van der Waals surface area contributed by atoms with Crippen LogP contribution in [0, 0.1) is 41.0 Å². The molecule has 0 atom stereocenters. The Labute approximate surface area is 235 Å². The van der Waals surface area contributed by atoms with E-state index in [9.17, 15) is 18.0 Å². The van der Waals surface area contributed by atoms with Gasteiger partial charge in [0.2, 0.25) is 11.6 Å². The van der Waals surface area contributed by atoms with Crippen LogP contribution >= 0.6 is 0 Å². The van der Waals surface area contributed by atoms with Gasteiger partial charge >= 0.3 is 5.97 Å². The zero-order valence-corrected chi connectivity index (χ0v) is 23.5.